The maximum atomic E-state index is 13.2. The number of halogens is 1. The summed E-state index contributed by atoms with van der Waals surface area (Å²) in [4.78, 5) is 25.6. The zero-order chi connectivity index (χ0) is 19.8. The average molecular weight is 394 g/mol. The molecule has 142 valence electrons. The number of fused-ring (bicyclic) bond motifs is 1. The molecule has 1 aromatic heterocycles. The highest BCUT2D eigenvalue weighted by Crippen LogP contribution is 2.38. The number of rotatable bonds is 4. The first kappa shape index (κ1) is 18.4. The van der Waals surface area contributed by atoms with E-state index in [-0.39, 0.29) is 18.1 Å². The van der Waals surface area contributed by atoms with E-state index in [2.05, 4.69) is 23.4 Å². The molecule has 4 rings (SSSR count). The molecule has 6 heteroatoms. The van der Waals surface area contributed by atoms with Crippen molar-refractivity contribution in [3.05, 3.63) is 75.9 Å². The number of carbonyl (C=O) groups excluding carboxylic acids is 2. The van der Waals surface area contributed by atoms with E-state index in [1.54, 1.807) is 28.9 Å². The van der Waals surface area contributed by atoms with Gasteiger partial charge in [-0.25, -0.2) is 4.68 Å². The van der Waals surface area contributed by atoms with E-state index in [0.717, 1.165) is 23.4 Å². The van der Waals surface area contributed by atoms with Crippen LogP contribution in [-0.2, 0) is 11.2 Å². The highest BCUT2D eigenvalue weighted by atomic mass is 35.5. The number of amides is 1. The molecule has 5 nitrogen and oxygen atoms in total. The molecule has 28 heavy (non-hydrogen) atoms. The van der Waals surface area contributed by atoms with Gasteiger partial charge in [0.05, 0.1) is 17.3 Å². The molecule has 0 aliphatic carbocycles. The van der Waals surface area contributed by atoms with Crippen molar-refractivity contribution in [2.45, 2.75) is 32.6 Å². The van der Waals surface area contributed by atoms with Crippen LogP contribution in [0.15, 0.2) is 48.5 Å². The van der Waals surface area contributed by atoms with Gasteiger partial charge in [0.25, 0.3) is 0 Å². The van der Waals surface area contributed by atoms with Crippen LogP contribution in [0.4, 0.5) is 5.82 Å². The number of nitrogens with one attached hydrogen (secondary N) is 1. The first-order valence-corrected chi connectivity index (χ1v) is 9.64. The van der Waals surface area contributed by atoms with Crippen molar-refractivity contribution in [1.82, 2.24) is 9.78 Å². The normalized spacial score (nSPS) is 15.8. The summed E-state index contributed by atoms with van der Waals surface area (Å²) in [5, 5.41) is 8.05. The van der Waals surface area contributed by atoms with E-state index < -0.39 is 5.92 Å². The lowest BCUT2D eigenvalue weighted by Crippen LogP contribution is -2.28. The summed E-state index contributed by atoms with van der Waals surface area (Å²) < 4.78 is 1.72. The van der Waals surface area contributed by atoms with Crippen LogP contribution in [0, 0.1) is 6.92 Å². The van der Waals surface area contributed by atoms with Crippen LogP contribution in [0.1, 0.15) is 46.4 Å². The monoisotopic (exact) mass is 393 g/mol. The maximum Gasteiger partial charge on any atom is 0.226 e. The Bertz CT molecular complexity index is 1090. The lowest BCUT2D eigenvalue weighted by molar-refractivity contribution is -0.116. The number of hydrogen-bond donors (Lipinski definition) is 1. The Labute approximate surface area is 168 Å². The molecule has 1 aliphatic rings. The van der Waals surface area contributed by atoms with Gasteiger partial charge in [-0.05, 0) is 43.2 Å². The number of hydrogen-bond acceptors (Lipinski definition) is 3. The summed E-state index contributed by atoms with van der Waals surface area (Å²) in [7, 11) is 0. The standard InChI is InChI=1S/C22H20ClN3O2/c1-3-14-6-4-9-17(10-14)26-22-20(13(2)25-26)18(12-19(27)24-22)21(28)15-7-5-8-16(23)11-15/h4-11,18H,3,12H2,1-2H3,(H,24,27). The van der Waals surface area contributed by atoms with Crippen LogP contribution >= 0.6 is 11.6 Å². The fraction of sp³-hybridized carbons (Fsp3) is 0.227. The summed E-state index contributed by atoms with van der Waals surface area (Å²) in [6, 6.07) is 14.8. The molecule has 3 aromatic rings. The number of Topliss-reactive ketones (excluding diaryl/α,β-unsaturated/α-hetero) is 1. The van der Waals surface area contributed by atoms with Gasteiger partial charge < -0.3 is 5.32 Å². The van der Waals surface area contributed by atoms with E-state index in [1.807, 2.05) is 25.1 Å². The zero-order valence-corrected chi connectivity index (χ0v) is 16.5. The molecule has 2 heterocycles. The smallest absolute Gasteiger partial charge is 0.226 e. The number of ketones is 1. The van der Waals surface area contributed by atoms with Gasteiger partial charge in [-0.2, -0.15) is 5.10 Å². The zero-order valence-electron chi connectivity index (χ0n) is 15.7. The van der Waals surface area contributed by atoms with Gasteiger partial charge in [0, 0.05) is 22.6 Å². The summed E-state index contributed by atoms with van der Waals surface area (Å²) in [5.74, 6) is -0.322. The maximum absolute atomic E-state index is 13.2. The van der Waals surface area contributed by atoms with Gasteiger partial charge in [-0.1, -0.05) is 42.8 Å². The van der Waals surface area contributed by atoms with E-state index in [4.69, 9.17) is 11.6 Å². The van der Waals surface area contributed by atoms with Gasteiger partial charge in [0.2, 0.25) is 5.91 Å². The molecule has 1 N–H and O–H groups in total. The van der Waals surface area contributed by atoms with Gasteiger partial charge in [-0.15, -0.1) is 0 Å². The molecule has 1 aliphatic heterocycles. The van der Waals surface area contributed by atoms with Crippen LogP contribution in [0.5, 0.6) is 0 Å². The van der Waals surface area contributed by atoms with Gasteiger partial charge in [0.15, 0.2) is 5.78 Å². The summed E-state index contributed by atoms with van der Waals surface area (Å²) in [6.45, 7) is 3.96. The lowest BCUT2D eigenvalue weighted by Gasteiger charge is -2.23. The third-order valence-electron chi connectivity index (χ3n) is 5.09. The van der Waals surface area contributed by atoms with Gasteiger partial charge in [0.1, 0.15) is 5.82 Å². The highest BCUT2D eigenvalue weighted by Gasteiger charge is 2.36. The third kappa shape index (κ3) is 3.22. The number of carbonyl (C=O) groups is 2. The van der Waals surface area contributed by atoms with Crippen molar-refractivity contribution in [2.75, 3.05) is 5.32 Å². The summed E-state index contributed by atoms with van der Waals surface area (Å²) >= 11 is 6.05. The van der Waals surface area contributed by atoms with E-state index in [9.17, 15) is 9.59 Å². The van der Waals surface area contributed by atoms with Gasteiger partial charge in [-0.3, -0.25) is 9.59 Å². The predicted molar refractivity (Wildman–Crippen MR) is 109 cm³/mol. The molecular formula is C22H20ClN3O2. The molecule has 1 unspecified atom stereocenters. The van der Waals surface area contributed by atoms with Crippen LogP contribution < -0.4 is 5.32 Å². The number of benzene rings is 2. The first-order chi connectivity index (χ1) is 13.5. The Balaban J connectivity index is 1.82. The Morgan fingerprint density at radius 3 is 2.79 bits per heavy atom. The number of anilines is 1. The van der Waals surface area contributed by atoms with Crippen molar-refractivity contribution in [3.63, 3.8) is 0 Å². The molecule has 0 bridgehead atoms. The number of aryl methyl sites for hydroxylation is 2. The van der Waals surface area contributed by atoms with Crippen molar-refractivity contribution < 1.29 is 9.59 Å². The van der Waals surface area contributed by atoms with Crippen molar-refractivity contribution in [2.24, 2.45) is 0 Å². The van der Waals surface area contributed by atoms with E-state index >= 15 is 0 Å². The fourth-order valence-corrected chi connectivity index (χ4v) is 3.90. The first-order valence-electron chi connectivity index (χ1n) is 9.26. The summed E-state index contributed by atoms with van der Waals surface area (Å²) in [6.07, 6.45) is 0.998. The quantitative estimate of drug-likeness (QED) is 0.653. The Kier molecular flexibility index (Phi) is 4.77. The molecule has 1 amide bonds. The Morgan fingerprint density at radius 2 is 2.04 bits per heavy atom. The fourth-order valence-electron chi connectivity index (χ4n) is 3.71. The molecule has 0 fully saturated rings. The van der Waals surface area contributed by atoms with Gasteiger partial charge >= 0.3 is 0 Å². The molecule has 0 radical (unpaired) electrons. The van der Waals surface area contributed by atoms with E-state index in [0.29, 0.717) is 16.4 Å². The predicted octanol–water partition coefficient (Wildman–Crippen LogP) is 4.71. The molecule has 2 aromatic carbocycles. The van der Waals surface area contributed by atoms with Crippen LogP contribution in [0.3, 0.4) is 0 Å². The highest BCUT2D eigenvalue weighted by molar-refractivity contribution is 6.31. The lowest BCUT2D eigenvalue weighted by atomic mass is 9.85. The van der Waals surface area contributed by atoms with Crippen molar-refractivity contribution >= 4 is 29.1 Å². The molecule has 0 spiro atoms. The second-order valence-electron chi connectivity index (χ2n) is 6.96. The third-order valence-corrected chi connectivity index (χ3v) is 5.33. The molecular weight excluding hydrogens is 374 g/mol. The minimum atomic E-state index is -0.578. The topological polar surface area (TPSA) is 64.0 Å². The molecule has 0 saturated carbocycles. The second kappa shape index (κ2) is 7.24. The van der Waals surface area contributed by atoms with Crippen LogP contribution in [-0.4, -0.2) is 21.5 Å². The second-order valence-corrected chi connectivity index (χ2v) is 7.40. The van der Waals surface area contributed by atoms with E-state index in [1.165, 1.54) is 5.56 Å². The average Bonchev–Trinajstić information content (AvgIpc) is 3.03. The Morgan fingerprint density at radius 1 is 1.25 bits per heavy atom. The minimum absolute atomic E-state index is 0.0971. The van der Waals surface area contributed by atoms with Crippen LogP contribution in [0.25, 0.3) is 5.69 Å². The Hall–Kier alpha value is -2.92. The minimum Gasteiger partial charge on any atom is -0.310 e. The largest absolute Gasteiger partial charge is 0.310 e. The number of aromatic nitrogens is 2. The SMILES string of the molecule is CCc1cccc(-n2nc(C)c3c2NC(=O)CC3C(=O)c2cccc(Cl)c2)c1. The number of nitrogens with zero attached hydrogens (tertiary/aromatic N) is 2. The molecule has 1 atom stereocenters. The summed E-state index contributed by atoms with van der Waals surface area (Å²) in [5.41, 5.74) is 4.04. The van der Waals surface area contributed by atoms with Crippen molar-refractivity contribution in [3.8, 4) is 5.69 Å². The molecule has 0 saturated heterocycles. The van der Waals surface area contributed by atoms with Crippen LogP contribution in [0.2, 0.25) is 5.02 Å². The van der Waals surface area contributed by atoms with Crippen molar-refractivity contribution in [1.29, 1.82) is 0 Å².